The Morgan fingerprint density at radius 1 is 0.808 bits per heavy atom. The van der Waals surface area contributed by atoms with Crippen molar-refractivity contribution in [1.29, 1.82) is 0 Å². The van der Waals surface area contributed by atoms with Gasteiger partial charge in [-0.3, -0.25) is 19.4 Å². The molecule has 0 spiro atoms. The molecule has 0 aliphatic rings. The van der Waals surface area contributed by atoms with E-state index < -0.39 is 26.1 Å². The summed E-state index contributed by atoms with van der Waals surface area (Å²) in [6.07, 6.45) is -0.646. The number of carbonyl (C=O) groups is 3. The third-order valence-corrected chi connectivity index (χ3v) is 8.45. The number of amides is 2. The minimum absolute atomic E-state index is 0.0222. The average Bonchev–Trinajstić information content (AvgIpc) is 3.04. The Balaban J connectivity index is 1.77. The van der Waals surface area contributed by atoms with Crippen LogP contribution in [0.4, 0.5) is 21.9 Å². The number of hydrogen-bond donors (Lipinski definition) is 4. The molecule has 0 bridgehead atoms. The predicted octanol–water partition coefficient (Wildman–Crippen LogP) is 8.42. The molecule has 0 saturated heterocycles. The number of carbonyl (C=O) groups excluding carboxylic acids is 3. The van der Waals surface area contributed by atoms with E-state index in [2.05, 4.69) is 47.8 Å². The van der Waals surface area contributed by atoms with E-state index >= 15 is 0 Å². The zero-order valence-electron chi connectivity index (χ0n) is 31.4. The second-order valence-corrected chi connectivity index (χ2v) is 15.4. The third-order valence-electron chi connectivity index (χ3n) is 8.00. The van der Waals surface area contributed by atoms with Gasteiger partial charge in [-0.15, -0.1) is 0 Å². The Morgan fingerprint density at radius 3 is 1.94 bits per heavy atom. The quantitative estimate of drug-likeness (QED) is 0.0566. The standard InChI is InChI=1S/C39H54N3O9P/c1-9-30(22-37(44)50-38(27(6)7)49-36(43)20-29-12-17-33(18-13-29)51-52(46,47)48)31-14-19-35(42(23-25(2)3)24-26(4)5)34(21-31)41-39(45)40-32-15-10-28(8)11-16-32/h10-19,21,25-27,30,38H,9,20,22-24H2,1-8H3,(H2,40,41,45)(H2,46,47,48)/t30?,38-/m1/s1. The third kappa shape index (κ3) is 14.3. The summed E-state index contributed by atoms with van der Waals surface area (Å²) in [7, 11) is -4.71. The minimum atomic E-state index is -4.71. The average molecular weight is 740 g/mol. The fraction of sp³-hybridized carbons (Fsp3) is 0.462. The lowest BCUT2D eigenvalue weighted by molar-refractivity contribution is -0.195. The van der Waals surface area contributed by atoms with Gasteiger partial charge in [0, 0.05) is 24.7 Å². The van der Waals surface area contributed by atoms with Crippen molar-refractivity contribution in [1.82, 2.24) is 0 Å². The first-order chi connectivity index (χ1) is 24.4. The van der Waals surface area contributed by atoms with E-state index in [1.807, 2.05) is 56.3 Å². The number of nitrogens with one attached hydrogen (secondary N) is 2. The normalized spacial score (nSPS) is 12.7. The van der Waals surface area contributed by atoms with Crippen molar-refractivity contribution in [3.63, 3.8) is 0 Å². The fourth-order valence-electron chi connectivity index (χ4n) is 5.57. The highest BCUT2D eigenvalue weighted by molar-refractivity contribution is 7.46. The van der Waals surface area contributed by atoms with Crippen molar-refractivity contribution in [3.05, 3.63) is 83.4 Å². The van der Waals surface area contributed by atoms with E-state index in [9.17, 15) is 18.9 Å². The van der Waals surface area contributed by atoms with E-state index in [0.29, 0.717) is 35.2 Å². The van der Waals surface area contributed by atoms with E-state index in [4.69, 9.17) is 19.3 Å². The Labute approximate surface area is 307 Å². The number of phosphoric acid groups is 1. The Morgan fingerprint density at radius 2 is 1.40 bits per heavy atom. The van der Waals surface area contributed by atoms with Crippen LogP contribution in [0.15, 0.2) is 66.7 Å². The molecule has 3 rings (SSSR count). The number of hydrogen-bond acceptors (Lipinski definition) is 8. The Bertz CT molecular complexity index is 1660. The van der Waals surface area contributed by atoms with Crippen LogP contribution in [0.1, 0.15) is 83.9 Å². The first-order valence-electron chi connectivity index (χ1n) is 17.7. The van der Waals surface area contributed by atoms with Crippen LogP contribution in [0.5, 0.6) is 5.75 Å². The highest BCUT2D eigenvalue weighted by Crippen LogP contribution is 2.37. The van der Waals surface area contributed by atoms with Gasteiger partial charge in [0.2, 0.25) is 6.29 Å². The van der Waals surface area contributed by atoms with Crippen molar-refractivity contribution < 1.29 is 42.7 Å². The summed E-state index contributed by atoms with van der Waals surface area (Å²) in [4.78, 5) is 59.6. The molecule has 3 aromatic rings. The largest absolute Gasteiger partial charge is 0.524 e. The number of nitrogens with zero attached hydrogens (tertiary/aromatic N) is 1. The van der Waals surface area contributed by atoms with Crippen LogP contribution in [0.25, 0.3) is 0 Å². The molecule has 0 aliphatic heterocycles. The highest BCUT2D eigenvalue weighted by atomic mass is 31.2. The number of benzene rings is 3. The van der Waals surface area contributed by atoms with Gasteiger partial charge in [0.25, 0.3) is 0 Å². The van der Waals surface area contributed by atoms with Crippen molar-refractivity contribution in [3.8, 4) is 5.75 Å². The summed E-state index contributed by atoms with van der Waals surface area (Å²) in [6.45, 7) is 17.7. The highest BCUT2D eigenvalue weighted by Gasteiger charge is 2.26. The van der Waals surface area contributed by atoms with E-state index in [1.165, 1.54) is 24.3 Å². The molecule has 2 amide bonds. The number of phosphoric ester groups is 1. The van der Waals surface area contributed by atoms with Crippen LogP contribution in [0.2, 0.25) is 0 Å². The summed E-state index contributed by atoms with van der Waals surface area (Å²) < 4.78 is 26.8. The van der Waals surface area contributed by atoms with Crippen molar-refractivity contribution >= 4 is 42.9 Å². The minimum Gasteiger partial charge on any atom is -0.425 e. The second kappa shape index (κ2) is 19.5. The molecular weight excluding hydrogens is 685 g/mol. The molecule has 1 unspecified atom stereocenters. The maximum absolute atomic E-state index is 13.3. The molecule has 0 aliphatic carbocycles. The molecule has 13 heteroatoms. The van der Waals surface area contributed by atoms with Crippen LogP contribution < -0.4 is 20.1 Å². The number of ether oxygens (including phenoxy) is 2. The van der Waals surface area contributed by atoms with Crippen LogP contribution in [0, 0.1) is 24.7 Å². The molecule has 284 valence electrons. The summed E-state index contributed by atoms with van der Waals surface area (Å²) in [5, 5.41) is 5.98. The van der Waals surface area contributed by atoms with Crippen molar-refractivity contribution in [2.45, 2.75) is 86.9 Å². The number of urea groups is 1. The number of anilines is 3. The van der Waals surface area contributed by atoms with Crippen LogP contribution in [-0.2, 0) is 30.0 Å². The zero-order valence-corrected chi connectivity index (χ0v) is 32.3. The lowest BCUT2D eigenvalue weighted by Crippen LogP contribution is -2.32. The first-order valence-corrected chi connectivity index (χ1v) is 19.2. The monoisotopic (exact) mass is 739 g/mol. The number of esters is 2. The summed E-state index contributed by atoms with van der Waals surface area (Å²) in [5.74, 6) is -1.03. The molecule has 0 aromatic heterocycles. The van der Waals surface area contributed by atoms with Gasteiger partial charge in [0.1, 0.15) is 5.75 Å². The summed E-state index contributed by atoms with van der Waals surface area (Å²) >= 11 is 0. The van der Waals surface area contributed by atoms with Gasteiger partial charge < -0.3 is 29.5 Å². The number of aryl methyl sites for hydroxylation is 1. The number of rotatable bonds is 18. The van der Waals surface area contributed by atoms with Crippen LogP contribution in [0.3, 0.4) is 0 Å². The molecular formula is C39H54N3O9P. The van der Waals surface area contributed by atoms with Gasteiger partial charge in [-0.2, -0.15) is 0 Å². The first kappa shape index (κ1) is 42.0. The topological polar surface area (TPSA) is 164 Å². The second-order valence-electron chi connectivity index (χ2n) is 14.2. The molecule has 0 radical (unpaired) electrons. The Hall–Kier alpha value is -4.38. The van der Waals surface area contributed by atoms with E-state index in [-0.39, 0.29) is 36.5 Å². The van der Waals surface area contributed by atoms with Gasteiger partial charge in [0.05, 0.1) is 24.2 Å². The molecule has 4 N–H and O–H groups in total. The summed E-state index contributed by atoms with van der Waals surface area (Å²) in [6, 6.07) is 18.7. The molecule has 52 heavy (non-hydrogen) atoms. The van der Waals surface area contributed by atoms with Gasteiger partial charge in [-0.25, -0.2) is 9.36 Å². The zero-order chi connectivity index (χ0) is 38.6. The van der Waals surface area contributed by atoms with E-state index in [0.717, 1.165) is 29.9 Å². The van der Waals surface area contributed by atoms with Crippen molar-refractivity contribution in [2.24, 2.45) is 17.8 Å². The molecule has 2 atom stereocenters. The molecule has 3 aromatic carbocycles. The molecule has 12 nitrogen and oxygen atoms in total. The van der Waals surface area contributed by atoms with Crippen LogP contribution in [-0.4, -0.2) is 47.1 Å². The maximum Gasteiger partial charge on any atom is 0.524 e. The van der Waals surface area contributed by atoms with Gasteiger partial charge in [0.15, 0.2) is 0 Å². The van der Waals surface area contributed by atoms with Crippen molar-refractivity contribution in [2.75, 3.05) is 28.6 Å². The van der Waals surface area contributed by atoms with Crippen LogP contribution >= 0.6 is 7.82 Å². The predicted molar refractivity (Wildman–Crippen MR) is 203 cm³/mol. The maximum atomic E-state index is 13.3. The smallest absolute Gasteiger partial charge is 0.425 e. The molecule has 0 heterocycles. The lowest BCUT2D eigenvalue weighted by atomic mass is 9.92. The molecule has 0 saturated carbocycles. The lowest BCUT2D eigenvalue weighted by Gasteiger charge is -2.31. The van der Waals surface area contributed by atoms with Gasteiger partial charge in [-0.1, -0.05) is 84.4 Å². The SMILES string of the molecule is CCC(CC(=O)O[C@@H](OC(=O)Cc1ccc(OP(=O)(O)O)cc1)C(C)C)c1ccc(N(CC(C)C)CC(C)C)c(NC(=O)Nc2ccc(C)cc2)c1. The van der Waals surface area contributed by atoms with E-state index in [1.54, 1.807) is 13.8 Å². The van der Waals surface area contributed by atoms with Gasteiger partial charge in [-0.05, 0) is 78.6 Å². The molecule has 0 fully saturated rings. The van der Waals surface area contributed by atoms with Gasteiger partial charge >= 0.3 is 25.8 Å². The Kier molecular flexibility index (Phi) is 15.7. The summed E-state index contributed by atoms with van der Waals surface area (Å²) in [5.41, 5.74) is 4.64. The fourth-order valence-corrected chi connectivity index (χ4v) is 5.97.